The van der Waals surface area contributed by atoms with Crippen LogP contribution in [-0.2, 0) is 11.8 Å². The number of pyridine rings is 1. The van der Waals surface area contributed by atoms with E-state index in [9.17, 15) is 4.79 Å². The Labute approximate surface area is 257 Å². The van der Waals surface area contributed by atoms with Gasteiger partial charge in [-0.3, -0.25) is 4.98 Å². The van der Waals surface area contributed by atoms with E-state index in [4.69, 9.17) is 16.7 Å². The number of anilines is 1. The molecule has 0 fully saturated rings. The molecule has 1 aromatic heterocycles. The molecule has 0 spiro atoms. The highest BCUT2D eigenvalue weighted by Gasteiger charge is 2.35. The molecule has 1 atom stereocenters. The number of hydrogen-bond donors (Lipinski definition) is 1. The standard InChI is InChI=1S/C28H28ClN.C10H7NO2/c1-28(2)17-20(18-8-7-9-21(15-18)30(3)4)14-19-12-13-23-22-10-5-6-11-24(22)26(29)16-25(23)27(19)28;12-10(13)8-5-1-3-7-4-2-6-11-9(7)8/h5-13,15-16,20H,14,17H2,1-4H3;1-6H,(H,12,13). The van der Waals surface area contributed by atoms with Crippen molar-refractivity contribution in [3.63, 3.8) is 0 Å². The lowest BCUT2D eigenvalue weighted by Gasteiger charge is -2.39. The first-order valence-corrected chi connectivity index (χ1v) is 15.0. The Morgan fingerprint density at radius 1 is 0.860 bits per heavy atom. The molecule has 1 heterocycles. The quantitative estimate of drug-likeness (QED) is 0.210. The molecule has 4 nitrogen and oxygen atoms in total. The van der Waals surface area contributed by atoms with Crippen molar-refractivity contribution in [1.29, 1.82) is 0 Å². The highest BCUT2D eigenvalue weighted by Crippen LogP contribution is 2.48. The molecule has 43 heavy (non-hydrogen) atoms. The Kier molecular flexibility index (Phi) is 7.57. The number of carboxylic acid groups (broad SMARTS) is 1. The molecule has 7 rings (SSSR count). The average Bonchev–Trinajstić information content (AvgIpc) is 3.00. The lowest BCUT2D eigenvalue weighted by atomic mass is 9.65. The predicted octanol–water partition coefficient (Wildman–Crippen LogP) is 9.65. The van der Waals surface area contributed by atoms with Gasteiger partial charge in [0.15, 0.2) is 0 Å². The van der Waals surface area contributed by atoms with E-state index in [2.05, 4.69) is 105 Å². The number of fused-ring (bicyclic) bond motifs is 6. The zero-order valence-electron chi connectivity index (χ0n) is 24.9. The third-order valence-electron chi connectivity index (χ3n) is 8.70. The summed E-state index contributed by atoms with van der Waals surface area (Å²) >= 11 is 6.74. The number of carbonyl (C=O) groups is 1. The fourth-order valence-corrected chi connectivity index (χ4v) is 7.05. The van der Waals surface area contributed by atoms with Crippen LogP contribution in [0.5, 0.6) is 0 Å². The van der Waals surface area contributed by atoms with Gasteiger partial charge in [-0.05, 0) is 87.4 Å². The van der Waals surface area contributed by atoms with Crippen LogP contribution in [0.3, 0.4) is 0 Å². The van der Waals surface area contributed by atoms with Crippen molar-refractivity contribution in [2.45, 2.75) is 38.0 Å². The average molecular weight is 587 g/mol. The van der Waals surface area contributed by atoms with Crippen LogP contribution in [0.1, 0.15) is 53.2 Å². The van der Waals surface area contributed by atoms with E-state index in [1.165, 1.54) is 38.5 Å². The van der Waals surface area contributed by atoms with Gasteiger partial charge in [0.05, 0.1) is 11.1 Å². The zero-order valence-corrected chi connectivity index (χ0v) is 25.7. The first-order valence-electron chi connectivity index (χ1n) is 14.6. The van der Waals surface area contributed by atoms with Gasteiger partial charge in [-0.2, -0.15) is 0 Å². The van der Waals surface area contributed by atoms with Gasteiger partial charge in [0, 0.05) is 41.8 Å². The van der Waals surface area contributed by atoms with Crippen LogP contribution < -0.4 is 4.90 Å². The first kappa shape index (κ1) is 28.7. The van der Waals surface area contributed by atoms with E-state index in [1.54, 1.807) is 24.4 Å². The van der Waals surface area contributed by atoms with Crippen LogP contribution in [0.25, 0.3) is 32.4 Å². The molecule has 1 aliphatic carbocycles. The lowest BCUT2D eigenvalue weighted by Crippen LogP contribution is -2.29. The number of rotatable bonds is 3. The van der Waals surface area contributed by atoms with Crippen molar-refractivity contribution in [3.8, 4) is 0 Å². The van der Waals surface area contributed by atoms with Crippen LogP contribution in [-0.4, -0.2) is 30.2 Å². The summed E-state index contributed by atoms with van der Waals surface area (Å²) in [5.74, 6) is -0.412. The van der Waals surface area contributed by atoms with Crippen LogP contribution in [0, 0.1) is 0 Å². The van der Waals surface area contributed by atoms with E-state index in [0.29, 0.717) is 11.4 Å². The number of aromatic carboxylic acids is 1. The van der Waals surface area contributed by atoms with Crippen molar-refractivity contribution in [2.24, 2.45) is 0 Å². The molecule has 1 N–H and O–H groups in total. The Bertz CT molecular complexity index is 1990. The molecule has 0 saturated heterocycles. The van der Waals surface area contributed by atoms with Gasteiger partial charge in [-0.15, -0.1) is 0 Å². The van der Waals surface area contributed by atoms with Gasteiger partial charge in [-0.25, -0.2) is 4.79 Å². The number of hydrogen-bond acceptors (Lipinski definition) is 3. The number of benzene rings is 5. The Morgan fingerprint density at radius 2 is 1.58 bits per heavy atom. The summed E-state index contributed by atoms with van der Waals surface area (Å²) in [5, 5.41) is 15.6. The van der Waals surface area contributed by atoms with Crippen molar-refractivity contribution >= 4 is 55.7 Å². The summed E-state index contributed by atoms with van der Waals surface area (Å²) in [4.78, 5) is 17.0. The molecule has 0 aliphatic heterocycles. The smallest absolute Gasteiger partial charge is 0.337 e. The minimum Gasteiger partial charge on any atom is -0.478 e. The topological polar surface area (TPSA) is 53.4 Å². The minimum atomic E-state index is -0.940. The van der Waals surface area contributed by atoms with Gasteiger partial charge in [0.1, 0.15) is 0 Å². The maximum Gasteiger partial charge on any atom is 0.337 e. The fraction of sp³-hybridized carbons (Fsp3) is 0.211. The lowest BCUT2D eigenvalue weighted by molar-refractivity contribution is 0.0699. The van der Waals surface area contributed by atoms with Crippen LogP contribution >= 0.6 is 11.6 Å². The fourth-order valence-electron chi connectivity index (χ4n) is 6.77. The predicted molar refractivity (Wildman–Crippen MR) is 180 cm³/mol. The normalized spacial score (nSPS) is 15.5. The van der Waals surface area contributed by atoms with E-state index in [0.717, 1.165) is 28.6 Å². The van der Waals surface area contributed by atoms with Crippen molar-refractivity contribution in [1.82, 2.24) is 4.98 Å². The molecule has 6 aromatic rings. The van der Waals surface area contributed by atoms with Gasteiger partial charge in [0.25, 0.3) is 0 Å². The first-order chi connectivity index (χ1) is 20.6. The molecular formula is C38H35ClN2O2. The van der Waals surface area contributed by atoms with E-state index >= 15 is 0 Å². The van der Waals surface area contributed by atoms with Crippen molar-refractivity contribution in [3.05, 3.63) is 131 Å². The van der Waals surface area contributed by atoms with E-state index in [-0.39, 0.29) is 11.0 Å². The molecule has 0 amide bonds. The number of aromatic nitrogens is 1. The maximum atomic E-state index is 10.8. The number of carboxylic acids is 1. The van der Waals surface area contributed by atoms with Gasteiger partial charge in [0.2, 0.25) is 0 Å². The molecular weight excluding hydrogens is 552 g/mol. The van der Waals surface area contributed by atoms with E-state index < -0.39 is 5.97 Å². The second-order valence-corrected chi connectivity index (χ2v) is 12.7. The second kappa shape index (κ2) is 11.3. The summed E-state index contributed by atoms with van der Waals surface area (Å²) < 4.78 is 0. The number of halogens is 1. The summed E-state index contributed by atoms with van der Waals surface area (Å²) in [7, 11) is 4.22. The summed E-state index contributed by atoms with van der Waals surface area (Å²) in [6, 6.07) is 33.1. The molecule has 0 saturated carbocycles. The Balaban J connectivity index is 0.000000211. The Morgan fingerprint density at radius 3 is 2.35 bits per heavy atom. The van der Waals surface area contributed by atoms with Gasteiger partial charge < -0.3 is 10.0 Å². The van der Waals surface area contributed by atoms with E-state index in [1.807, 2.05) is 12.1 Å². The van der Waals surface area contributed by atoms with Crippen molar-refractivity contribution < 1.29 is 9.90 Å². The third kappa shape index (κ3) is 5.44. The molecule has 1 unspecified atom stereocenters. The van der Waals surface area contributed by atoms with Crippen LogP contribution in [0.15, 0.2) is 103 Å². The zero-order chi connectivity index (χ0) is 30.3. The van der Waals surface area contributed by atoms with Crippen molar-refractivity contribution in [2.75, 3.05) is 19.0 Å². The molecule has 5 heteroatoms. The summed E-state index contributed by atoms with van der Waals surface area (Å²) in [5.41, 5.74) is 6.52. The van der Waals surface area contributed by atoms with Crippen LogP contribution in [0.2, 0.25) is 5.02 Å². The molecule has 0 radical (unpaired) electrons. The van der Waals surface area contributed by atoms with Gasteiger partial charge in [-0.1, -0.05) is 92.2 Å². The van der Waals surface area contributed by atoms with Crippen LogP contribution in [0.4, 0.5) is 5.69 Å². The summed E-state index contributed by atoms with van der Waals surface area (Å²) in [6.07, 6.45) is 3.81. The Hall–Kier alpha value is -4.41. The second-order valence-electron chi connectivity index (χ2n) is 12.3. The summed E-state index contributed by atoms with van der Waals surface area (Å²) in [6.45, 7) is 4.80. The minimum absolute atomic E-state index is 0.0810. The highest BCUT2D eigenvalue weighted by molar-refractivity contribution is 6.37. The maximum absolute atomic E-state index is 10.8. The van der Waals surface area contributed by atoms with Gasteiger partial charge >= 0.3 is 5.97 Å². The highest BCUT2D eigenvalue weighted by atomic mass is 35.5. The molecule has 5 aromatic carbocycles. The molecule has 216 valence electrons. The molecule has 1 aliphatic rings. The number of para-hydroxylation sites is 1. The third-order valence-corrected chi connectivity index (χ3v) is 9.01. The SMILES string of the molecule is CN(C)c1cccc(C2Cc3ccc4c(cc(Cl)c5ccccc54)c3C(C)(C)C2)c1.O=C(O)c1cccc2cccnc12. The number of nitrogens with zero attached hydrogens (tertiary/aromatic N) is 2. The monoisotopic (exact) mass is 586 g/mol. The largest absolute Gasteiger partial charge is 0.478 e. The molecule has 0 bridgehead atoms.